The molecule has 5 aromatic rings. The molecule has 5 aromatic carbocycles. The first-order chi connectivity index (χ1) is 31.9. The van der Waals surface area contributed by atoms with Crippen molar-refractivity contribution in [1.29, 1.82) is 0 Å². The quantitative estimate of drug-likeness (QED) is 0.0501. The fourth-order valence-electron chi connectivity index (χ4n) is 8.95. The van der Waals surface area contributed by atoms with Crippen molar-refractivity contribution in [3.63, 3.8) is 0 Å². The standard InChI is InChI=1S/C51H52B2ClN3O9/c1-32-9-8-10-34(16-15-32)35-21-23-41(24-22-35)51(40-11-4-3-5-12-40,42-13-6-7-14-45(42)54)66-48(59)25-26-55-47(58)29-46(57-50(61)37-18-20-39-31-65-53(63)44(39)28-37)33(2)56-49(60)36-17-19-38-30-64-52(62)43(38)27-36/h3-7,10-14,17-24,27-28,32-33,46,62-63H,8-9,15-16,25-26,29-31H2,1-2H3,(H,55,58)(H,56,60)(H,57,61)/t32-,33-,46+,51?/m0/s1. The van der Waals surface area contributed by atoms with Crippen LogP contribution in [-0.2, 0) is 42.4 Å². The predicted molar refractivity (Wildman–Crippen MR) is 254 cm³/mol. The van der Waals surface area contributed by atoms with Crippen molar-refractivity contribution < 1.29 is 43.3 Å². The second-order valence-corrected chi connectivity index (χ2v) is 17.7. The van der Waals surface area contributed by atoms with E-state index in [2.05, 4.69) is 41.1 Å². The van der Waals surface area contributed by atoms with Gasteiger partial charge in [-0.1, -0.05) is 110 Å². The monoisotopic (exact) mass is 907 g/mol. The van der Waals surface area contributed by atoms with Gasteiger partial charge in [-0.2, -0.15) is 0 Å². The Balaban J connectivity index is 0.991. The number of benzene rings is 5. The molecule has 3 amide bonds. The molecule has 2 aliphatic heterocycles. The van der Waals surface area contributed by atoms with E-state index < -0.39 is 55.6 Å². The highest BCUT2D eigenvalue weighted by molar-refractivity contribution is 6.62. The number of carbonyl (C=O) groups excluding carboxylic acids is 4. The molecule has 5 N–H and O–H groups in total. The highest BCUT2D eigenvalue weighted by Crippen LogP contribution is 2.44. The van der Waals surface area contributed by atoms with Gasteiger partial charge >= 0.3 is 20.2 Å². The molecular formula is C51H52B2ClN3O9. The van der Waals surface area contributed by atoms with Crippen molar-refractivity contribution in [2.75, 3.05) is 6.54 Å². The summed E-state index contributed by atoms with van der Waals surface area (Å²) >= 11 is 6.95. The van der Waals surface area contributed by atoms with Gasteiger partial charge in [0, 0.05) is 51.8 Å². The fourth-order valence-corrected chi connectivity index (χ4v) is 9.22. The first-order valence-electron chi connectivity index (χ1n) is 22.5. The van der Waals surface area contributed by atoms with E-state index in [0.717, 1.165) is 42.4 Å². The van der Waals surface area contributed by atoms with Crippen LogP contribution in [0.15, 0.2) is 121 Å². The minimum Gasteiger partial charge on any atom is -0.444 e. The highest BCUT2D eigenvalue weighted by Gasteiger charge is 2.42. The molecule has 0 saturated carbocycles. The molecule has 1 unspecified atom stereocenters. The van der Waals surface area contributed by atoms with E-state index in [-0.39, 0.29) is 43.7 Å². The first-order valence-corrected chi connectivity index (χ1v) is 22.8. The number of hydrogen-bond donors (Lipinski definition) is 5. The van der Waals surface area contributed by atoms with Crippen LogP contribution in [0.5, 0.6) is 0 Å². The maximum absolute atomic E-state index is 14.2. The number of amides is 3. The fraction of sp³-hybridized carbons (Fsp3) is 0.294. The highest BCUT2D eigenvalue weighted by atomic mass is 35.5. The third-order valence-electron chi connectivity index (χ3n) is 12.8. The van der Waals surface area contributed by atoms with E-state index >= 15 is 0 Å². The molecule has 1 aliphatic carbocycles. The molecule has 2 heterocycles. The SMILES string of the molecule is C[C@H]1CCC=C(c2ccc(C(OC(=O)CCNC(=O)C[C@@H](NC(=O)c3ccc4c(c3)B(O)OC4)[C@H](C)NC(=O)c3ccc4c(c3)B(O)OC4)(c3ccccc3)c3ccccc3Cl)cc2)CC1. The second-order valence-electron chi connectivity index (χ2n) is 17.3. The molecule has 12 nitrogen and oxygen atoms in total. The number of hydrogen-bond acceptors (Lipinski definition) is 9. The molecular weight excluding hydrogens is 856 g/mol. The summed E-state index contributed by atoms with van der Waals surface area (Å²) < 4.78 is 17.2. The van der Waals surface area contributed by atoms with Crippen LogP contribution < -0.4 is 26.9 Å². The molecule has 4 atom stereocenters. The first kappa shape index (κ1) is 46.5. The van der Waals surface area contributed by atoms with Gasteiger partial charge in [-0.15, -0.1) is 0 Å². The molecule has 3 aliphatic rings. The molecule has 0 fully saturated rings. The topological polar surface area (TPSA) is 173 Å². The normalized spacial score (nSPS) is 17.3. The third kappa shape index (κ3) is 10.3. The van der Waals surface area contributed by atoms with E-state index in [4.69, 9.17) is 25.6 Å². The summed E-state index contributed by atoms with van der Waals surface area (Å²) in [5.74, 6) is -1.46. The third-order valence-corrected chi connectivity index (χ3v) is 13.1. The van der Waals surface area contributed by atoms with Gasteiger partial charge in [0.1, 0.15) is 0 Å². The summed E-state index contributed by atoms with van der Waals surface area (Å²) in [7, 11) is -2.32. The number of halogens is 1. The Morgan fingerprint density at radius 2 is 1.39 bits per heavy atom. The summed E-state index contributed by atoms with van der Waals surface area (Å²) in [6, 6.07) is 32.9. The zero-order valence-corrected chi connectivity index (χ0v) is 37.7. The zero-order valence-electron chi connectivity index (χ0n) is 36.9. The Kier molecular flexibility index (Phi) is 14.6. The number of carbonyl (C=O) groups is 4. The van der Waals surface area contributed by atoms with Gasteiger partial charge in [0.15, 0.2) is 5.60 Å². The number of ether oxygens (including phenoxy) is 1. The van der Waals surface area contributed by atoms with Gasteiger partial charge in [-0.3, -0.25) is 19.2 Å². The summed E-state index contributed by atoms with van der Waals surface area (Å²) in [6.45, 7) is 4.29. The van der Waals surface area contributed by atoms with Gasteiger partial charge in [0.05, 0.1) is 25.7 Å². The minimum absolute atomic E-state index is 0.0970. The van der Waals surface area contributed by atoms with Crippen LogP contribution in [0, 0.1) is 5.92 Å². The van der Waals surface area contributed by atoms with Crippen molar-refractivity contribution in [3.05, 3.63) is 171 Å². The van der Waals surface area contributed by atoms with Gasteiger partial charge in [-0.05, 0) is 102 Å². The Bertz CT molecular complexity index is 2630. The maximum atomic E-state index is 14.2. The lowest BCUT2D eigenvalue weighted by Gasteiger charge is -2.36. The number of rotatable bonds is 15. The van der Waals surface area contributed by atoms with Gasteiger partial charge in [-0.25, -0.2) is 0 Å². The molecule has 0 spiro atoms. The maximum Gasteiger partial charge on any atom is 0.491 e. The van der Waals surface area contributed by atoms with Gasteiger partial charge in [0.2, 0.25) is 5.91 Å². The largest absolute Gasteiger partial charge is 0.491 e. The molecule has 0 radical (unpaired) electrons. The van der Waals surface area contributed by atoms with E-state index in [1.807, 2.05) is 60.7 Å². The summed E-state index contributed by atoms with van der Waals surface area (Å²) in [6.07, 6.45) is 6.15. The van der Waals surface area contributed by atoms with Crippen LogP contribution in [0.25, 0.3) is 5.57 Å². The number of nitrogens with one attached hydrogen (secondary N) is 3. The Morgan fingerprint density at radius 3 is 2.05 bits per heavy atom. The molecule has 66 heavy (non-hydrogen) atoms. The predicted octanol–water partition coefficient (Wildman–Crippen LogP) is 5.72. The van der Waals surface area contributed by atoms with E-state index in [9.17, 15) is 29.2 Å². The van der Waals surface area contributed by atoms with Crippen LogP contribution >= 0.6 is 11.6 Å². The molecule has 15 heteroatoms. The van der Waals surface area contributed by atoms with Crippen molar-refractivity contribution >= 4 is 66.0 Å². The van der Waals surface area contributed by atoms with Gasteiger partial charge in [0.25, 0.3) is 11.8 Å². The zero-order chi connectivity index (χ0) is 46.4. The Labute approximate surface area is 390 Å². The molecule has 8 rings (SSSR count). The van der Waals surface area contributed by atoms with E-state index in [0.29, 0.717) is 38.6 Å². The minimum atomic E-state index is -1.45. The second kappa shape index (κ2) is 20.7. The molecule has 338 valence electrons. The van der Waals surface area contributed by atoms with Crippen LogP contribution in [0.4, 0.5) is 0 Å². The number of allylic oxidation sites excluding steroid dienone is 2. The summed E-state index contributed by atoms with van der Waals surface area (Å²) in [5, 5.41) is 29.5. The van der Waals surface area contributed by atoms with Crippen LogP contribution in [-0.4, -0.2) is 66.6 Å². The van der Waals surface area contributed by atoms with Crippen LogP contribution in [0.1, 0.15) is 106 Å². The average molecular weight is 908 g/mol. The molecule has 0 aromatic heterocycles. The molecule has 0 bridgehead atoms. The number of esters is 1. The Morgan fingerprint density at radius 1 is 0.788 bits per heavy atom. The summed E-state index contributed by atoms with van der Waals surface area (Å²) in [4.78, 5) is 55.1. The van der Waals surface area contributed by atoms with E-state index in [1.165, 1.54) is 11.6 Å². The van der Waals surface area contributed by atoms with Crippen molar-refractivity contribution in [2.24, 2.45) is 5.92 Å². The van der Waals surface area contributed by atoms with Crippen molar-refractivity contribution in [3.8, 4) is 0 Å². The lowest BCUT2D eigenvalue weighted by atomic mass is 9.78. The van der Waals surface area contributed by atoms with Crippen LogP contribution in [0.3, 0.4) is 0 Å². The Hall–Kier alpha value is -6.02. The number of fused-ring (bicyclic) bond motifs is 2. The smallest absolute Gasteiger partial charge is 0.444 e. The summed E-state index contributed by atoms with van der Waals surface area (Å²) in [5.41, 5.74) is 5.91. The van der Waals surface area contributed by atoms with Crippen LogP contribution in [0.2, 0.25) is 5.02 Å². The lowest BCUT2D eigenvalue weighted by Crippen LogP contribution is -2.52. The lowest BCUT2D eigenvalue weighted by molar-refractivity contribution is -0.153. The van der Waals surface area contributed by atoms with Crippen molar-refractivity contribution in [2.45, 2.75) is 83.3 Å². The van der Waals surface area contributed by atoms with Gasteiger partial charge < -0.3 is 40.0 Å². The average Bonchev–Trinajstić information content (AvgIpc) is 3.81. The van der Waals surface area contributed by atoms with E-state index in [1.54, 1.807) is 43.3 Å². The van der Waals surface area contributed by atoms with Crippen molar-refractivity contribution in [1.82, 2.24) is 16.0 Å². The molecule has 0 saturated heterocycles.